The van der Waals surface area contributed by atoms with Crippen molar-refractivity contribution in [3.63, 3.8) is 0 Å². The van der Waals surface area contributed by atoms with Crippen LogP contribution in [0.3, 0.4) is 0 Å². The largest absolute Gasteiger partial charge is 0.408 e. The molecule has 0 bridgehead atoms. The Kier molecular flexibility index (Phi) is 3.70. The van der Waals surface area contributed by atoms with Gasteiger partial charge in [0, 0.05) is 13.8 Å². The molecule has 0 fully saturated rings. The highest BCUT2D eigenvalue weighted by Crippen LogP contribution is 2.25. The first kappa shape index (κ1) is 17.1. The lowest BCUT2D eigenvalue weighted by molar-refractivity contribution is 0.466. The third kappa shape index (κ3) is 2.81. The number of nitrogens with zero attached hydrogens (tertiary/aromatic N) is 2. The van der Waals surface area contributed by atoms with E-state index in [2.05, 4.69) is 9.97 Å². The molecule has 0 aliphatic rings. The number of aromatic nitrogens is 2. The first-order chi connectivity index (χ1) is 12.8. The van der Waals surface area contributed by atoms with Crippen LogP contribution in [0.15, 0.2) is 64.6 Å². The molecule has 0 amide bonds. The minimum atomic E-state index is -3.92. The molecular formula is C18H12N2O6S. The van der Waals surface area contributed by atoms with Crippen LogP contribution < -0.4 is 11.3 Å². The minimum Gasteiger partial charge on any atom is -0.408 e. The molecule has 0 atom stereocenters. The molecule has 0 unspecified atom stereocenters. The Morgan fingerprint density at radius 2 is 1.15 bits per heavy atom. The van der Waals surface area contributed by atoms with Gasteiger partial charge in [-0.15, -0.1) is 0 Å². The molecule has 27 heavy (non-hydrogen) atoms. The highest BCUT2D eigenvalue weighted by molar-refractivity contribution is 7.91. The monoisotopic (exact) mass is 384 g/mol. The van der Waals surface area contributed by atoms with Gasteiger partial charge in [-0.05, 0) is 36.4 Å². The van der Waals surface area contributed by atoms with Gasteiger partial charge in [0.15, 0.2) is 11.8 Å². The van der Waals surface area contributed by atoms with Crippen LogP contribution in [0, 0.1) is 13.8 Å². The summed E-state index contributed by atoms with van der Waals surface area (Å²) in [5.74, 6) is 0.276. The molecule has 4 rings (SSSR count). The average Bonchev–Trinajstić information content (AvgIpc) is 2.60. The van der Waals surface area contributed by atoms with Crippen LogP contribution in [-0.4, -0.2) is 18.4 Å². The van der Waals surface area contributed by atoms with E-state index in [1.165, 1.54) is 50.2 Å². The highest BCUT2D eigenvalue weighted by atomic mass is 32.2. The van der Waals surface area contributed by atoms with Gasteiger partial charge in [-0.3, -0.25) is 0 Å². The van der Waals surface area contributed by atoms with Gasteiger partial charge < -0.3 is 8.83 Å². The first-order valence-corrected chi connectivity index (χ1v) is 9.32. The van der Waals surface area contributed by atoms with E-state index in [4.69, 9.17) is 8.83 Å². The van der Waals surface area contributed by atoms with Crippen molar-refractivity contribution in [1.29, 1.82) is 0 Å². The molecule has 0 aliphatic heterocycles. The second kappa shape index (κ2) is 5.85. The van der Waals surface area contributed by atoms with Crippen LogP contribution in [0.2, 0.25) is 0 Å². The molecule has 0 aliphatic carbocycles. The van der Waals surface area contributed by atoms with E-state index < -0.39 is 21.1 Å². The Hall–Kier alpha value is -3.33. The topological polar surface area (TPSA) is 120 Å². The van der Waals surface area contributed by atoms with Crippen molar-refractivity contribution in [3.05, 3.63) is 69.0 Å². The molecule has 136 valence electrons. The quantitative estimate of drug-likeness (QED) is 0.515. The van der Waals surface area contributed by atoms with Gasteiger partial charge in [0.05, 0.1) is 31.6 Å². The number of hydrogen-bond acceptors (Lipinski definition) is 8. The maximum Gasteiger partial charge on any atom is 0.346 e. The van der Waals surface area contributed by atoms with Gasteiger partial charge in [-0.2, -0.15) is 0 Å². The lowest BCUT2D eigenvalue weighted by Crippen LogP contribution is -2.07. The van der Waals surface area contributed by atoms with Crippen molar-refractivity contribution in [2.24, 2.45) is 0 Å². The number of benzene rings is 2. The van der Waals surface area contributed by atoms with E-state index in [1.54, 1.807) is 0 Å². The summed E-state index contributed by atoms with van der Waals surface area (Å²) in [7, 11) is -3.92. The van der Waals surface area contributed by atoms with Crippen LogP contribution >= 0.6 is 0 Å². The third-order valence-electron chi connectivity index (χ3n) is 4.04. The van der Waals surface area contributed by atoms with Crippen molar-refractivity contribution in [3.8, 4) is 0 Å². The zero-order valence-corrected chi connectivity index (χ0v) is 15.0. The summed E-state index contributed by atoms with van der Waals surface area (Å²) in [6.45, 7) is 3.01. The van der Waals surface area contributed by atoms with Gasteiger partial charge in [0.1, 0.15) is 0 Å². The minimum absolute atomic E-state index is 0.0356. The lowest BCUT2D eigenvalue weighted by atomic mass is 10.2. The summed E-state index contributed by atoms with van der Waals surface area (Å²) in [6, 6.07) is 7.98. The first-order valence-electron chi connectivity index (χ1n) is 7.84. The van der Waals surface area contributed by atoms with Gasteiger partial charge in [-0.25, -0.2) is 28.0 Å². The average molecular weight is 384 g/mol. The predicted octanol–water partition coefficient (Wildman–Crippen LogP) is 2.14. The van der Waals surface area contributed by atoms with Gasteiger partial charge in [0.25, 0.3) is 0 Å². The fourth-order valence-corrected chi connectivity index (χ4v) is 4.09. The molecule has 0 saturated heterocycles. The molecular weight excluding hydrogens is 372 g/mol. The van der Waals surface area contributed by atoms with Crippen molar-refractivity contribution in [2.75, 3.05) is 0 Å². The van der Waals surface area contributed by atoms with Gasteiger partial charge >= 0.3 is 11.3 Å². The summed E-state index contributed by atoms with van der Waals surface area (Å²) in [4.78, 5) is 31.8. The molecule has 2 aromatic heterocycles. The van der Waals surface area contributed by atoms with Crippen LogP contribution in [-0.2, 0) is 9.84 Å². The maximum atomic E-state index is 13.0. The number of hydrogen-bond donors (Lipinski definition) is 0. The lowest BCUT2D eigenvalue weighted by Gasteiger charge is -2.07. The number of fused-ring (bicyclic) bond motifs is 2. The Balaban J connectivity index is 1.93. The van der Waals surface area contributed by atoms with Crippen LogP contribution in [0.5, 0.6) is 0 Å². The second-order valence-electron chi connectivity index (χ2n) is 5.90. The summed E-state index contributed by atoms with van der Waals surface area (Å²) in [5, 5.41) is 0.376. The standard InChI is InChI=1S/C18H12N2O6S/c1-9-19-15-7-11(3-5-13(15)17(21)25-9)27(23,24)12-4-6-14-16(8-12)20-10(2)26-18(14)22/h3-8H,1-2H3. The van der Waals surface area contributed by atoms with E-state index in [9.17, 15) is 18.0 Å². The molecule has 8 nitrogen and oxygen atoms in total. The molecule has 0 spiro atoms. The Morgan fingerprint density at radius 3 is 1.56 bits per heavy atom. The zero-order valence-electron chi connectivity index (χ0n) is 14.2. The second-order valence-corrected chi connectivity index (χ2v) is 7.85. The van der Waals surface area contributed by atoms with E-state index in [0.717, 1.165) is 0 Å². The van der Waals surface area contributed by atoms with E-state index in [0.29, 0.717) is 0 Å². The smallest absolute Gasteiger partial charge is 0.346 e. The normalized spacial score (nSPS) is 11.9. The number of aryl methyl sites for hydroxylation is 2. The Morgan fingerprint density at radius 1 is 0.741 bits per heavy atom. The van der Waals surface area contributed by atoms with Crippen LogP contribution in [0.4, 0.5) is 0 Å². The van der Waals surface area contributed by atoms with E-state index in [-0.39, 0.29) is 43.4 Å². The molecule has 9 heteroatoms. The number of rotatable bonds is 2. The molecule has 0 saturated carbocycles. The van der Waals surface area contributed by atoms with Gasteiger partial charge in [0.2, 0.25) is 9.84 Å². The maximum absolute atomic E-state index is 13.0. The molecule has 2 heterocycles. The fourth-order valence-electron chi connectivity index (χ4n) is 2.79. The van der Waals surface area contributed by atoms with E-state index in [1.807, 2.05) is 0 Å². The summed E-state index contributed by atoms with van der Waals surface area (Å²) in [5.41, 5.74) is -0.724. The summed E-state index contributed by atoms with van der Waals surface area (Å²) in [6.07, 6.45) is 0. The predicted molar refractivity (Wildman–Crippen MR) is 95.5 cm³/mol. The van der Waals surface area contributed by atoms with Crippen molar-refractivity contribution in [2.45, 2.75) is 23.6 Å². The molecule has 0 N–H and O–H groups in total. The fraction of sp³-hybridized carbons (Fsp3) is 0.111. The van der Waals surface area contributed by atoms with Crippen molar-refractivity contribution >= 4 is 31.6 Å². The van der Waals surface area contributed by atoms with Gasteiger partial charge in [-0.1, -0.05) is 0 Å². The highest BCUT2D eigenvalue weighted by Gasteiger charge is 2.20. The Labute approximate surface area is 152 Å². The third-order valence-corrected chi connectivity index (χ3v) is 5.78. The van der Waals surface area contributed by atoms with Crippen LogP contribution in [0.25, 0.3) is 21.8 Å². The van der Waals surface area contributed by atoms with Crippen molar-refractivity contribution < 1.29 is 17.3 Å². The zero-order chi connectivity index (χ0) is 19.3. The van der Waals surface area contributed by atoms with E-state index >= 15 is 0 Å². The Bertz CT molecular complexity index is 1350. The molecule has 2 aromatic carbocycles. The molecule has 4 aromatic rings. The summed E-state index contributed by atoms with van der Waals surface area (Å²) < 4.78 is 35.8. The number of sulfone groups is 1. The van der Waals surface area contributed by atoms with Crippen LogP contribution in [0.1, 0.15) is 11.8 Å². The SMILES string of the molecule is Cc1nc2cc(S(=O)(=O)c3ccc4c(=O)oc(C)nc4c3)ccc2c(=O)o1. The summed E-state index contributed by atoms with van der Waals surface area (Å²) >= 11 is 0. The van der Waals surface area contributed by atoms with Crippen molar-refractivity contribution in [1.82, 2.24) is 9.97 Å². The molecule has 0 radical (unpaired) electrons.